The van der Waals surface area contributed by atoms with Gasteiger partial charge in [0.1, 0.15) is 12.4 Å². The number of benzene rings is 1. The molecule has 1 atom stereocenters. The van der Waals surface area contributed by atoms with Gasteiger partial charge in [-0.25, -0.2) is 9.18 Å². The third-order valence-corrected chi connectivity index (χ3v) is 2.52. The zero-order valence-corrected chi connectivity index (χ0v) is 9.32. The van der Waals surface area contributed by atoms with Crippen molar-refractivity contribution in [2.45, 2.75) is 12.7 Å². The summed E-state index contributed by atoms with van der Waals surface area (Å²) in [4.78, 5) is 11.6. The molecule has 0 amide bonds. The van der Waals surface area contributed by atoms with Crippen molar-refractivity contribution >= 4 is 5.97 Å². The van der Waals surface area contributed by atoms with Crippen molar-refractivity contribution in [2.24, 2.45) is 0 Å². The first-order chi connectivity index (χ1) is 8.27. The van der Waals surface area contributed by atoms with E-state index >= 15 is 0 Å². The summed E-state index contributed by atoms with van der Waals surface area (Å²) in [5, 5.41) is 3.03. The van der Waals surface area contributed by atoms with Crippen molar-refractivity contribution in [3.05, 3.63) is 35.6 Å². The van der Waals surface area contributed by atoms with E-state index in [9.17, 15) is 9.18 Å². The third kappa shape index (κ3) is 3.25. The number of rotatable bonds is 3. The Morgan fingerprint density at radius 1 is 1.53 bits per heavy atom. The summed E-state index contributed by atoms with van der Waals surface area (Å²) in [5.41, 5.74) is 0.365. The minimum absolute atomic E-state index is 0.0641. The Balaban J connectivity index is 1.85. The van der Waals surface area contributed by atoms with Crippen LogP contribution in [0, 0.1) is 5.82 Å². The van der Waals surface area contributed by atoms with Crippen LogP contribution in [0.25, 0.3) is 0 Å². The molecule has 1 fully saturated rings. The molecule has 0 aromatic heterocycles. The lowest BCUT2D eigenvalue weighted by Gasteiger charge is -2.21. The van der Waals surface area contributed by atoms with Crippen LogP contribution >= 0.6 is 0 Å². The van der Waals surface area contributed by atoms with Crippen LogP contribution in [0.3, 0.4) is 0 Å². The second-order valence-corrected chi connectivity index (χ2v) is 3.76. The lowest BCUT2D eigenvalue weighted by molar-refractivity contribution is -0.160. The smallest absolute Gasteiger partial charge is 0.336 e. The lowest BCUT2D eigenvalue weighted by Crippen LogP contribution is -2.43. The molecule has 0 bridgehead atoms. The Labute approximate surface area is 98.7 Å². The number of ether oxygens (including phenoxy) is 2. The van der Waals surface area contributed by atoms with E-state index in [0.29, 0.717) is 18.7 Å². The van der Waals surface area contributed by atoms with Gasteiger partial charge in [-0.2, -0.15) is 0 Å². The fourth-order valence-corrected chi connectivity index (χ4v) is 1.57. The average Bonchev–Trinajstić information content (AvgIpc) is 2.38. The number of esters is 1. The molecule has 17 heavy (non-hydrogen) atoms. The van der Waals surface area contributed by atoms with Gasteiger partial charge in [0.15, 0.2) is 6.10 Å². The fraction of sp³-hybridized carbons (Fsp3) is 0.417. The number of hydrogen-bond donors (Lipinski definition) is 1. The Hall–Kier alpha value is -1.46. The molecule has 1 N–H and O–H groups in total. The molecule has 4 nitrogen and oxygen atoms in total. The van der Waals surface area contributed by atoms with E-state index in [2.05, 4.69) is 5.32 Å². The molecule has 5 heteroatoms. The van der Waals surface area contributed by atoms with E-state index in [1.54, 1.807) is 18.2 Å². The number of hydrogen-bond acceptors (Lipinski definition) is 4. The number of carbonyl (C=O) groups is 1. The molecule has 0 saturated carbocycles. The molecule has 1 aliphatic heterocycles. The summed E-state index contributed by atoms with van der Waals surface area (Å²) >= 11 is 0. The molecule has 1 unspecified atom stereocenters. The summed E-state index contributed by atoms with van der Waals surface area (Å²) in [6.07, 6.45) is -0.587. The van der Waals surface area contributed by atoms with E-state index < -0.39 is 12.1 Å². The summed E-state index contributed by atoms with van der Waals surface area (Å²) in [6.45, 7) is 1.60. The maximum Gasteiger partial charge on any atom is 0.336 e. The Bertz CT molecular complexity index is 391. The van der Waals surface area contributed by atoms with Gasteiger partial charge in [0, 0.05) is 18.7 Å². The monoisotopic (exact) mass is 239 g/mol. The van der Waals surface area contributed by atoms with Gasteiger partial charge in [-0.3, -0.25) is 0 Å². The largest absolute Gasteiger partial charge is 0.459 e. The molecule has 1 saturated heterocycles. The summed E-state index contributed by atoms with van der Waals surface area (Å²) in [7, 11) is 0. The maximum absolute atomic E-state index is 13.2. The normalized spacial score (nSPS) is 19.9. The van der Waals surface area contributed by atoms with Gasteiger partial charge in [-0.05, 0) is 6.07 Å². The van der Waals surface area contributed by atoms with Crippen LogP contribution in [0.1, 0.15) is 5.56 Å². The van der Waals surface area contributed by atoms with Gasteiger partial charge in [0.2, 0.25) is 0 Å². The van der Waals surface area contributed by atoms with Crippen LogP contribution < -0.4 is 5.32 Å². The van der Waals surface area contributed by atoms with Crippen LogP contribution in [-0.4, -0.2) is 31.8 Å². The van der Waals surface area contributed by atoms with Gasteiger partial charge >= 0.3 is 5.97 Å². The molecule has 1 aromatic rings. The molecular formula is C12H14FNO3. The van der Waals surface area contributed by atoms with Crippen molar-refractivity contribution in [1.82, 2.24) is 5.32 Å². The maximum atomic E-state index is 13.2. The van der Waals surface area contributed by atoms with E-state index in [-0.39, 0.29) is 12.4 Å². The van der Waals surface area contributed by atoms with E-state index in [1.807, 2.05) is 0 Å². The third-order valence-electron chi connectivity index (χ3n) is 2.52. The highest BCUT2D eigenvalue weighted by Crippen LogP contribution is 2.09. The molecule has 1 aliphatic rings. The number of morpholine rings is 1. The second-order valence-electron chi connectivity index (χ2n) is 3.76. The Morgan fingerprint density at radius 2 is 2.35 bits per heavy atom. The molecule has 92 valence electrons. The van der Waals surface area contributed by atoms with E-state index in [1.165, 1.54) is 6.07 Å². The Morgan fingerprint density at radius 3 is 3.06 bits per heavy atom. The zero-order valence-electron chi connectivity index (χ0n) is 9.32. The van der Waals surface area contributed by atoms with Crippen LogP contribution in [0.15, 0.2) is 24.3 Å². The molecule has 1 heterocycles. The number of halogens is 1. The predicted octanol–water partition coefficient (Wildman–Crippen LogP) is 0.857. The topological polar surface area (TPSA) is 47.6 Å². The first kappa shape index (κ1) is 12.0. The zero-order chi connectivity index (χ0) is 12.1. The van der Waals surface area contributed by atoms with Crippen molar-refractivity contribution < 1.29 is 18.7 Å². The summed E-state index contributed by atoms with van der Waals surface area (Å²) in [5.74, 6) is -0.830. The highest BCUT2D eigenvalue weighted by Gasteiger charge is 2.23. The Kier molecular flexibility index (Phi) is 4.06. The van der Waals surface area contributed by atoms with Gasteiger partial charge in [-0.1, -0.05) is 18.2 Å². The fourth-order valence-electron chi connectivity index (χ4n) is 1.57. The van der Waals surface area contributed by atoms with Crippen molar-refractivity contribution in [2.75, 3.05) is 19.7 Å². The van der Waals surface area contributed by atoms with Crippen LogP contribution in [0.2, 0.25) is 0 Å². The van der Waals surface area contributed by atoms with Crippen LogP contribution in [0.5, 0.6) is 0 Å². The lowest BCUT2D eigenvalue weighted by atomic mass is 10.2. The van der Waals surface area contributed by atoms with E-state index in [0.717, 1.165) is 6.54 Å². The number of nitrogens with one attached hydrogen (secondary N) is 1. The number of carbonyl (C=O) groups excluding carboxylic acids is 1. The molecule has 0 spiro atoms. The van der Waals surface area contributed by atoms with Crippen molar-refractivity contribution in [1.29, 1.82) is 0 Å². The van der Waals surface area contributed by atoms with Crippen molar-refractivity contribution in [3.63, 3.8) is 0 Å². The summed E-state index contributed by atoms with van der Waals surface area (Å²) in [6, 6.07) is 6.21. The standard InChI is InChI=1S/C12H14FNO3/c13-10-4-2-1-3-9(10)8-17-12(15)11-7-14-5-6-16-11/h1-4,11,14H,5-8H2. The minimum atomic E-state index is -0.587. The van der Waals surface area contributed by atoms with Crippen molar-refractivity contribution in [3.8, 4) is 0 Å². The van der Waals surface area contributed by atoms with Gasteiger partial charge in [0.05, 0.1) is 6.61 Å². The van der Waals surface area contributed by atoms with Gasteiger partial charge in [0.25, 0.3) is 0 Å². The van der Waals surface area contributed by atoms with Gasteiger partial charge in [-0.15, -0.1) is 0 Å². The highest BCUT2D eigenvalue weighted by molar-refractivity contribution is 5.75. The molecule has 2 rings (SSSR count). The predicted molar refractivity (Wildman–Crippen MR) is 58.8 cm³/mol. The highest BCUT2D eigenvalue weighted by atomic mass is 19.1. The molecule has 0 radical (unpaired) electrons. The second kappa shape index (κ2) is 5.75. The van der Waals surface area contributed by atoms with Gasteiger partial charge < -0.3 is 14.8 Å². The quantitative estimate of drug-likeness (QED) is 0.795. The minimum Gasteiger partial charge on any atom is -0.459 e. The van der Waals surface area contributed by atoms with Crippen LogP contribution in [-0.2, 0) is 20.9 Å². The SMILES string of the molecule is O=C(OCc1ccccc1F)C1CNCCO1. The first-order valence-electron chi connectivity index (χ1n) is 5.50. The summed E-state index contributed by atoms with van der Waals surface area (Å²) < 4.78 is 23.5. The molecule has 1 aromatic carbocycles. The van der Waals surface area contributed by atoms with Crippen LogP contribution in [0.4, 0.5) is 4.39 Å². The average molecular weight is 239 g/mol. The molecular weight excluding hydrogens is 225 g/mol. The first-order valence-corrected chi connectivity index (χ1v) is 5.50. The molecule has 0 aliphatic carbocycles. The van der Waals surface area contributed by atoms with E-state index in [4.69, 9.17) is 9.47 Å².